The second kappa shape index (κ2) is 8.88. The van der Waals surface area contributed by atoms with Crippen LogP contribution >= 0.6 is 0 Å². The summed E-state index contributed by atoms with van der Waals surface area (Å²) in [5, 5.41) is 8.95. The zero-order valence-corrected chi connectivity index (χ0v) is 17.4. The van der Waals surface area contributed by atoms with Gasteiger partial charge in [-0.15, -0.1) is 0 Å². The van der Waals surface area contributed by atoms with Gasteiger partial charge in [0.1, 0.15) is 17.5 Å². The number of H-pyrrole nitrogens is 1. The maximum Gasteiger partial charge on any atom is 0.261 e. The fraction of sp³-hybridized carbons (Fsp3) is 0.238. The molecule has 1 aliphatic heterocycles. The first kappa shape index (κ1) is 21.0. The van der Waals surface area contributed by atoms with E-state index < -0.39 is 22.0 Å². The first-order chi connectivity index (χ1) is 15.0. The molecular weight excluding hydrogens is 420 g/mol. The number of imidazole rings is 1. The van der Waals surface area contributed by atoms with E-state index in [9.17, 15) is 13.2 Å². The Morgan fingerprint density at radius 2 is 1.77 bits per heavy atom. The van der Waals surface area contributed by atoms with Gasteiger partial charge in [-0.2, -0.15) is 4.31 Å². The van der Waals surface area contributed by atoms with Crippen molar-refractivity contribution in [3.05, 3.63) is 61.1 Å². The lowest BCUT2D eigenvalue weighted by molar-refractivity contribution is -0.134. The Morgan fingerprint density at radius 3 is 2.39 bits per heavy atom. The van der Waals surface area contributed by atoms with E-state index in [1.807, 2.05) is 24.3 Å². The summed E-state index contributed by atoms with van der Waals surface area (Å²) in [6.45, 7) is 0.224. The summed E-state index contributed by atoms with van der Waals surface area (Å²) >= 11 is 0. The Bertz CT molecular complexity index is 1130. The molecule has 1 saturated heterocycles. The number of piperidine rings is 1. The van der Waals surface area contributed by atoms with Gasteiger partial charge < -0.3 is 9.72 Å². The van der Waals surface area contributed by atoms with Gasteiger partial charge in [0.2, 0.25) is 10.0 Å². The van der Waals surface area contributed by atoms with Crippen molar-refractivity contribution in [2.45, 2.75) is 30.2 Å². The number of nitrogens with zero attached hydrogens (tertiary/aromatic N) is 2. The van der Waals surface area contributed by atoms with E-state index >= 15 is 0 Å². The van der Waals surface area contributed by atoms with E-state index in [1.165, 1.54) is 12.1 Å². The molecule has 2 aromatic carbocycles. The Hall–Kier alpha value is -3.21. The fourth-order valence-corrected chi connectivity index (χ4v) is 5.25. The summed E-state index contributed by atoms with van der Waals surface area (Å²) in [7, 11) is -3.89. The molecule has 0 spiro atoms. The number of hydroxylamine groups is 1. The first-order valence-corrected chi connectivity index (χ1v) is 11.3. The summed E-state index contributed by atoms with van der Waals surface area (Å²) in [6, 6.07) is 12.5. The molecule has 0 aliphatic carbocycles. The molecular formula is C21H22N4O5S. The molecule has 162 valence electrons. The number of rotatable bonds is 6. The van der Waals surface area contributed by atoms with E-state index in [0.717, 1.165) is 22.0 Å². The van der Waals surface area contributed by atoms with Crippen LogP contribution in [-0.4, -0.2) is 46.4 Å². The van der Waals surface area contributed by atoms with Crippen molar-refractivity contribution >= 4 is 15.9 Å². The molecule has 0 radical (unpaired) electrons. The van der Waals surface area contributed by atoms with Gasteiger partial charge in [0, 0.05) is 6.54 Å². The van der Waals surface area contributed by atoms with Crippen molar-refractivity contribution in [2.24, 2.45) is 0 Å². The number of aromatic amines is 1. The van der Waals surface area contributed by atoms with Gasteiger partial charge in [-0.3, -0.25) is 10.0 Å². The summed E-state index contributed by atoms with van der Waals surface area (Å²) in [4.78, 5) is 19.0. The highest BCUT2D eigenvalue weighted by Crippen LogP contribution is 2.29. The molecule has 0 saturated carbocycles. The molecule has 4 rings (SSSR count). The molecule has 1 fully saturated rings. The fourth-order valence-electron chi connectivity index (χ4n) is 3.60. The van der Waals surface area contributed by atoms with E-state index in [-0.39, 0.29) is 11.4 Å². The number of aromatic nitrogens is 2. The number of carbonyl (C=O) groups excluding carboxylic acids is 1. The highest BCUT2D eigenvalue weighted by Gasteiger charge is 2.37. The average molecular weight is 442 g/mol. The minimum atomic E-state index is -3.89. The molecule has 0 unspecified atom stereocenters. The van der Waals surface area contributed by atoms with Crippen LogP contribution in [0.4, 0.5) is 0 Å². The highest BCUT2D eigenvalue weighted by atomic mass is 32.2. The number of amides is 1. The maximum absolute atomic E-state index is 13.1. The van der Waals surface area contributed by atoms with Gasteiger partial charge in [-0.05, 0) is 66.9 Å². The van der Waals surface area contributed by atoms with E-state index in [2.05, 4.69) is 9.97 Å². The minimum Gasteiger partial charge on any atom is -0.457 e. The average Bonchev–Trinajstić information content (AvgIpc) is 3.34. The standard InChI is InChI=1S/C21H22N4O5S/c26-21(24-27)20-3-1-2-12-25(20)31(28,29)18-10-8-17(9-11-18)30-16-6-4-15(5-7-16)19-13-22-14-23-19/h4-11,13-14,20,27H,1-3,12H2,(H,22,23)(H,24,26)/t20-/m1/s1. The Morgan fingerprint density at radius 1 is 1.10 bits per heavy atom. The van der Waals surface area contributed by atoms with Crippen LogP contribution in [0.15, 0.2) is 66.0 Å². The molecule has 1 atom stereocenters. The third-order valence-corrected chi connectivity index (χ3v) is 7.12. The first-order valence-electron chi connectivity index (χ1n) is 9.81. The second-order valence-electron chi connectivity index (χ2n) is 7.17. The lowest BCUT2D eigenvalue weighted by Crippen LogP contribution is -2.51. The van der Waals surface area contributed by atoms with Crippen LogP contribution in [-0.2, 0) is 14.8 Å². The number of hydrogen-bond acceptors (Lipinski definition) is 6. The number of hydrogen-bond donors (Lipinski definition) is 3. The third-order valence-electron chi connectivity index (χ3n) is 5.20. The van der Waals surface area contributed by atoms with Gasteiger partial charge in [0.05, 0.1) is 23.1 Å². The normalized spacial score (nSPS) is 17.3. The quantitative estimate of drug-likeness (QED) is 0.398. The van der Waals surface area contributed by atoms with Crippen molar-refractivity contribution in [3.8, 4) is 22.8 Å². The summed E-state index contributed by atoms with van der Waals surface area (Å²) < 4.78 is 33.1. The van der Waals surface area contributed by atoms with Crippen molar-refractivity contribution in [1.82, 2.24) is 19.8 Å². The Labute approximate surface area is 179 Å². The van der Waals surface area contributed by atoms with Gasteiger partial charge in [0.15, 0.2) is 0 Å². The van der Waals surface area contributed by atoms with E-state index in [0.29, 0.717) is 24.3 Å². The van der Waals surface area contributed by atoms with E-state index in [1.54, 1.807) is 30.1 Å². The van der Waals surface area contributed by atoms with Crippen LogP contribution in [0.3, 0.4) is 0 Å². The Balaban J connectivity index is 1.49. The lowest BCUT2D eigenvalue weighted by atomic mass is 10.0. The van der Waals surface area contributed by atoms with Crippen molar-refractivity contribution < 1.29 is 23.2 Å². The number of nitrogens with one attached hydrogen (secondary N) is 2. The van der Waals surface area contributed by atoms with Crippen LogP contribution in [0.5, 0.6) is 11.5 Å². The summed E-state index contributed by atoms with van der Waals surface area (Å²) in [5.74, 6) is 0.368. The SMILES string of the molecule is O=C(NO)[C@H]1CCCCN1S(=O)(=O)c1ccc(Oc2ccc(-c3cnc[nH]3)cc2)cc1. The number of carbonyl (C=O) groups is 1. The van der Waals surface area contributed by atoms with Crippen LogP contribution in [0, 0.1) is 0 Å². The third kappa shape index (κ3) is 4.46. The molecule has 3 aromatic rings. The van der Waals surface area contributed by atoms with Gasteiger partial charge in [0.25, 0.3) is 5.91 Å². The molecule has 10 heteroatoms. The highest BCUT2D eigenvalue weighted by molar-refractivity contribution is 7.89. The van der Waals surface area contributed by atoms with Crippen LogP contribution in [0.1, 0.15) is 19.3 Å². The second-order valence-corrected chi connectivity index (χ2v) is 9.06. The lowest BCUT2D eigenvalue weighted by Gasteiger charge is -2.33. The van der Waals surface area contributed by atoms with Gasteiger partial charge in [-0.25, -0.2) is 18.9 Å². The van der Waals surface area contributed by atoms with E-state index in [4.69, 9.17) is 9.94 Å². The zero-order valence-electron chi connectivity index (χ0n) is 16.6. The number of sulfonamides is 1. The molecule has 0 bridgehead atoms. The Kier molecular flexibility index (Phi) is 6.03. The van der Waals surface area contributed by atoms with Crippen molar-refractivity contribution in [1.29, 1.82) is 0 Å². The van der Waals surface area contributed by atoms with Crippen LogP contribution in [0.25, 0.3) is 11.3 Å². The molecule has 3 N–H and O–H groups in total. The maximum atomic E-state index is 13.1. The van der Waals surface area contributed by atoms with Gasteiger partial charge >= 0.3 is 0 Å². The molecule has 1 aromatic heterocycles. The predicted octanol–water partition coefficient (Wildman–Crippen LogP) is 2.92. The van der Waals surface area contributed by atoms with Gasteiger partial charge in [-0.1, -0.05) is 6.42 Å². The molecule has 31 heavy (non-hydrogen) atoms. The summed E-state index contributed by atoms with van der Waals surface area (Å²) in [6.07, 6.45) is 5.07. The largest absolute Gasteiger partial charge is 0.457 e. The smallest absolute Gasteiger partial charge is 0.261 e. The molecule has 9 nitrogen and oxygen atoms in total. The van der Waals surface area contributed by atoms with Crippen molar-refractivity contribution in [2.75, 3.05) is 6.54 Å². The predicted molar refractivity (Wildman–Crippen MR) is 112 cm³/mol. The topological polar surface area (TPSA) is 125 Å². The summed E-state index contributed by atoms with van der Waals surface area (Å²) in [5.41, 5.74) is 3.43. The van der Waals surface area contributed by atoms with Crippen molar-refractivity contribution in [3.63, 3.8) is 0 Å². The van der Waals surface area contributed by atoms with Crippen LogP contribution < -0.4 is 10.2 Å². The molecule has 1 aliphatic rings. The molecule has 2 heterocycles. The van der Waals surface area contributed by atoms with Crippen LogP contribution in [0.2, 0.25) is 0 Å². The number of ether oxygens (including phenoxy) is 1. The minimum absolute atomic E-state index is 0.0621. The zero-order chi connectivity index (χ0) is 21.8. The monoisotopic (exact) mass is 442 g/mol. The molecule has 1 amide bonds. The number of benzene rings is 2.